The molecule has 3 aromatic carbocycles. The molecule has 0 unspecified atom stereocenters. The summed E-state index contributed by atoms with van der Waals surface area (Å²) in [4.78, 5) is 2.66. The van der Waals surface area contributed by atoms with Crippen LogP contribution in [0.3, 0.4) is 0 Å². The molecule has 2 fully saturated rings. The van der Waals surface area contributed by atoms with Gasteiger partial charge in [0.1, 0.15) is 18.1 Å². The van der Waals surface area contributed by atoms with Gasteiger partial charge in [0.15, 0.2) is 0 Å². The van der Waals surface area contributed by atoms with Crippen LogP contribution in [0.15, 0.2) is 71.6 Å². The number of aryl methyl sites for hydroxylation is 1. The van der Waals surface area contributed by atoms with Crippen LogP contribution in [0.1, 0.15) is 68.6 Å². The molecule has 3 aliphatic rings. The number of methoxy groups -OCH3 is 2. The maximum absolute atomic E-state index is 14.6. The van der Waals surface area contributed by atoms with Crippen molar-refractivity contribution in [2.75, 3.05) is 71.7 Å². The van der Waals surface area contributed by atoms with E-state index in [-0.39, 0.29) is 30.0 Å². The average molecular weight is 750 g/mol. The van der Waals surface area contributed by atoms with E-state index in [1.807, 2.05) is 37.3 Å². The van der Waals surface area contributed by atoms with E-state index in [9.17, 15) is 8.42 Å². The third kappa shape index (κ3) is 10.1. The number of benzene rings is 3. The van der Waals surface area contributed by atoms with Crippen LogP contribution >= 0.6 is 0 Å². The summed E-state index contributed by atoms with van der Waals surface area (Å²) < 4.78 is 60.3. The quantitative estimate of drug-likeness (QED) is 0.164. The molecule has 0 radical (unpaired) electrons. The predicted molar refractivity (Wildman–Crippen MR) is 209 cm³/mol. The van der Waals surface area contributed by atoms with E-state index in [2.05, 4.69) is 48.3 Å². The number of ether oxygens (including phenoxy) is 5. The van der Waals surface area contributed by atoms with E-state index < -0.39 is 10.0 Å². The average Bonchev–Trinajstić information content (AvgIpc) is 3.17. The number of rotatable bonds is 16. The highest BCUT2D eigenvalue weighted by atomic mass is 32.2. The lowest BCUT2D eigenvalue weighted by Crippen LogP contribution is -2.54. The summed E-state index contributed by atoms with van der Waals surface area (Å²) in [6.45, 7) is 12.5. The molecule has 10 nitrogen and oxygen atoms in total. The van der Waals surface area contributed by atoms with Gasteiger partial charge in [-0.3, -0.25) is 0 Å². The van der Waals surface area contributed by atoms with Gasteiger partial charge in [-0.1, -0.05) is 49.7 Å². The van der Waals surface area contributed by atoms with Gasteiger partial charge in [0.05, 0.1) is 36.9 Å². The second-order valence-corrected chi connectivity index (χ2v) is 17.5. The number of nitrogens with one attached hydrogen (secondary N) is 1. The second kappa shape index (κ2) is 18.0. The molecule has 0 bridgehead atoms. The number of piperidine rings is 1. The Kier molecular flexibility index (Phi) is 13.4. The van der Waals surface area contributed by atoms with Crippen molar-refractivity contribution in [1.29, 1.82) is 0 Å². The minimum Gasteiger partial charge on any atom is -0.497 e. The largest absolute Gasteiger partial charge is 0.497 e. The topological polar surface area (TPSA) is 98.8 Å². The van der Waals surface area contributed by atoms with Crippen molar-refractivity contribution >= 4 is 15.7 Å². The summed E-state index contributed by atoms with van der Waals surface area (Å²) in [5.74, 6) is 1.63. The second-order valence-electron chi connectivity index (χ2n) is 15.6. The standard InChI is InChI=1S/C42H59N3O7S/c1-31-7-14-37(15-8-31)53(46,47)45-28-41(52-29-32-9-16-40-39(25-32)44(20-24-51-40)19-6-21-48-4)38(33-10-12-36(49-5)13-11-33)26-35(45)27-42(2,3)30-43-34-17-22-50-23-18-34/h7-16,25,34-35,38,41,43H,6,17-24,26-30H2,1-5H3/t35-,38-,41+/m1/s1. The van der Waals surface area contributed by atoms with Crippen molar-refractivity contribution in [3.05, 3.63) is 83.4 Å². The van der Waals surface area contributed by atoms with Gasteiger partial charge in [0, 0.05) is 64.6 Å². The minimum absolute atomic E-state index is 0.0267. The third-order valence-electron chi connectivity index (χ3n) is 11.0. The Morgan fingerprint density at radius 1 is 0.962 bits per heavy atom. The lowest BCUT2D eigenvalue weighted by molar-refractivity contribution is -0.0253. The van der Waals surface area contributed by atoms with Crippen molar-refractivity contribution in [1.82, 2.24) is 9.62 Å². The van der Waals surface area contributed by atoms with E-state index in [4.69, 9.17) is 23.7 Å². The van der Waals surface area contributed by atoms with Gasteiger partial charge in [-0.05, 0) is 92.0 Å². The summed E-state index contributed by atoms with van der Waals surface area (Å²) in [5.41, 5.74) is 4.06. The highest BCUT2D eigenvalue weighted by molar-refractivity contribution is 7.89. The maximum atomic E-state index is 14.6. The van der Waals surface area contributed by atoms with Gasteiger partial charge in [-0.2, -0.15) is 4.31 Å². The SMILES string of the molecule is COCCCN1CCOc2ccc(CO[C@H]3CN(S(=O)(=O)c4ccc(C)cc4)[C@@H](CC(C)(C)CNC4CCOCC4)C[C@@H]3c3ccc(OC)cc3)cc21. The molecule has 3 atom stereocenters. The van der Waals surface area contributed by atoms with Crippen molar-refractivity contribution in [2.45, 2.75) is 88.5 Å². The number of hydrogen-bond donors (Lipinski definition) is 1. The Balaban J connectivity index is 1.29. The van der Waals surface area contributed by atoms with Crippen LogP contribution in [0.5, 0.6) is 11.5 Å². The Labute approximate surface area is 317 Å². The predicted octanol–water partition coefficient (Wildman–Crippen LogP) is 6.56. The molecular formula is C42H59N3O7S. The molecule has 0 aliphatic carbocycles. The lowest BCUT2D eigenvalue weighted by atomic mass is 9.77. The monoisotopic (exact) mass is 749 g/mol. The van der Waals surface area contributed by atoms with E-state index in [0.29, 0.717) is 43.6 Å². The van der Waals surface area contributed by atoms with Gasteiger partial charge in [-0.25, -0.2) is 8.42 Å². The van der Waals surface area contributed by atoms with Gasteiger partial charge in [0.25, 0.3) is 0 Å². The Morgan fingerprint density at radius 2 is 1.72 bits per heavy atom. The Hall–Kier alpha value is -3.19. The first kappa shape index (κ1) is 39.5. The van der Waals surface area contributed by atoms with Crippen LogP contribution in [0.4, 0.5) is 5.69 Å². The van der Waals surface area contributed by atoms with E-state index >= 15 is 0 Å². The van der Waals surface area contributed by atoms with E-state index in [0.717, 1.165) is 86.0 Å². The first-order valence-electron chi connectivity index (χ1n) is 19.2. The van der Waals surface area contributed by atoms with Gasteiger partial charge in [0.2, 0.25) is 10.0 Å². The normalized spacial score (nSPS) is 21.6. The highest BCUT2D eigenvalue weighted by Crippen LogP contribution is 2.42. The molecule has 11 heteroatoms. The fourth-order valence-corrected chi connectivity index (χ4v) is 9.63. The summed E-state index contributed by atoms with van der Waals surface area (Å²) in [6.07, 6.45) is 3.88. The van der Waals surface area contributed by atoms with Crippen LogP contribution in [0.25, 0.3) is 0 Å². The molecule has 1 N–H and O–H groups in total. The zero-order valence-corrected chi connectivity index (χ0v) is 33.0. The van der Waals surface area contributed by atoms with Gasteiger partial charge < -0.3 is 33.9 Å². The molecule has 2 saturated heterocycles. The van der Waals surface area contributed by atoms with Crippen LogP contribution in [-0.2, 0) is 30.8 Å². The molecule has 3 aromatic rings. The zero-order chi connectivity index (χ0) is 37.4. The van der Waals surface area contributed by atoms with Crippen molar-refractivity contribution < 1.29 is 32.1 Å². The van der Waals surface area contributed by atoms with Crippen LogP contribution in [0.2, 0.25) is 0 Å². The summed E-state index contributed by atoms with van der Waals surface area (Å²) in [6, 6.07) is 21.8. The van der Waals surface area contributed by atoms with Crippen LogP contribution < -0.4 is 19.7 Å². The molecule has 0 amide bonds. The lowest BCUT2D eigenvalue weighted by Gasteiger charge is -2.46. The summed E-state index contributed by atoms with van der Waals surface area (Å²) in [7, 11) is -0.433. The van der Waals surface area contributed by atoms with E-state index in [1.54, 1.807) is 30.7 Å². The summed E-state index contributed by atoms with van der Waals surface area (Å²) in [5, 5.41) is 3.78. The molecule has 3 aliphatic heterocycles. The molecule has 0 aromatic heterocycles. The maximum Gasteiger partial charge on any atom is 0.243 e. The Bertz CT molecular complexity index is 1710. The molecule has 6 rings (SSSR count). The first-order valence-corrected chi connectivity index (χ1v) is 20.6. The number of hydrogen-bond acceptors (Lipinski definition) is 9. The summed E-state index contributed by atoms with van der Waals surface area (Å²) >= 11 is 0. The fraction of sp³-hybridized carbons (Fsp3) is 0.571. The molecule has 53 heavy (non-hydrogen) atoms. The smallest absolute Gasteiger partial charge is 0.243 e. The number of fused-ring (bicyclic) bond motifs is 1. The highest BCUT2D eigenvalue weighted by Gasteiger charge is 2.44. The molecule has 3 heterocycles. The number of anilines is 1. The zero-order valence-electron chi connectivity index (χ0n) is 32.2. The van der Waals surface area contributed by atoms with Gasteiger partial charge >= 0.3 is 0 Å². The molecule has 290 valence electrons. The van der Waals surface area contributed by atoms with E-state index in [1.165, 1.54) is 0 Å². The van der Waals surface area contributed by atoms with Crippen LogP contribution in [-0.4, -0.2) is 97.7 Å². The first-order chi connectivity index (χ1) is 25.6. The molecule has 0 spiro atoms. The number of nitrogens with zero attached hydrogens (tertiary/aromatic N) is 2. The Morgan fingerprint density at radius 3 is 2.43 bits per heavy atom. The minimum atomic E-state index is -3.84. The van der Waals surface area contributed by atoms with Crippen molar-refractivity contribution in [3.8, 4) is 11.5 Å². The van der Waals surface area contributed by atoms with Crippen molar-refractivity contribution in [3.63, 3.8) is 0 Å². The third-order valence-corrected chi connectivity index (χ3v) is 12.9. The number of sulfonamides is 1. The molecule has 0 saturated carbocycles. The van der Waals surface area contributed by atoms with Crippen LogP contribution in [0, 0.1) is 12.3 Å². The molecular weight excluding hydrogens is 691 g/mol. The fourth-order valence-electron chi connectivity index (χ4n) is 7.99. The van der Waals surface area contributed by atoms with Gasteiger partial charge in [-0.15, -0.1) is 0 Å². The van der Waals surface area contributed by atoms with Crippen molar-refractivity contribution in [2.24, 2.45) is 5.41 Å².